The number of rotatable bonds is 4. The van der Waals surface area contributed by atoms with E-state index in [1.807, 2.05) is 45.0 Å². The molecule has 3 aromatic heterocycles. The second-order valence-electron chi connectivity index (χ2n) is 7.36. The topological polar surface area (TPSA) is 89.9 Å². The van der Waals surface area contributed by atoms with Gasteiger partial charge in [-0.25, -0.2) is 4.98 Å². The third kappa shape index (κ3) is 3.62. The van der Waals surface area contributed by atoms with Crippen LogP contribution in [0.25, 0.3) is 21.6 Å². The monoisotopic (exact) mass is 380 g/mol. The van der Waals surface area contributed by atoms with Crippen molar-refractivity contribution in [2.45, 2.75) is 20.8 Å². The standard InChI is InChI=1S/C20H20N4O2S/c1-20(2,3)18(25)12-11-22-14-6-5-13(23-17(12)14)15-7-8-16(27-15)19(26)24(4)10-9-21/h5-8,11,22H,10H2,1-4H3. The van der Waals surface area contributed by atoms with Crippen LogP contribution in [-0.4, -0.2) is 40.2 Å². The maximum Gasteiger partial charge on any atom is 0.264 e. The van der Waals surface area contributed by atoms with E-state index in [1.54, 1.807) is 19.3 Å². The van der Waals surface area contributed by atoms with Crippen molar-refractivity contribution in [3.8, 4) is 16.6 Å². The van der Waals surface area contributed by atoms with Crippen molar-refractivity contribution in [3.63, 3.8) is 0 Å². The lowest BCUT2D eigenvalue weighted by molar-refractivity contribution is 0.0815. The molecule has 138 valence electrons. The number of H-pyrrole nitrogens is 1. The van der Waals surface area contributed by atoms with E-state index in [-0.39, 0.29) is 18.2 Å². The number of thiophene rings is 1. The number of Topliss-reactive ketones (excluding diaryl/α,β-unsaturated/α-hetero) is 1. The summed E-state index contributed by atoms with van der Waals surface area (Å²) in [6.45, 7) is 5.69. The highest BCUT2D eigenvalue weighted by molar-refractivity contribution is 7.17. The van der Waals surface area contributed by atoms with Crippen LogP contribution in [0.15, 0.2) is 30.5 Å². The highest BCUT2D eigenvalue weighted by atomic mass is 32.1. The number of nitriles is 1. The molecule has 0 atom stereocenters. The third-order valence-corrected chi connectivity index (χ3v) is 5.27. The molecule has 0 fully saturated rings. The van der Waals surface area contributed by atoms with Crippen molar-refractivity contribution < 1.29 is 9.59 Å². The Morgan fingerprint density at radius 1 is 1.26 bits per heavy atom. The number of pyridine rings is 1. The first-order valence-electron chi connectivity index (χ1n) is 8.48. The van der Waals surface area contributed by atoms with Gasteiger partial charge in [-0.3, -0.25) is 9.59 Å². The van der Waals surface area contributed by atoms with Gasteiger partial charge in [0.05, 0.1) is 38.1 Å². The fourth-order valence-electron chi connectivity index (χ4n) is 2.67. The average molecular weight is 380 g/mol. The molecule has 0 aliphatic heterocycles. The molecule has 6 nitrogen and oxygen atoms in total. The Labute approximate surface area is 161 Å². The van der Waals surface area contributed by atoms with Crippen LogP contribution in [-0.2, 0) is 0 Å². The fourth-order valence-corrected chi connectivity index (χ4v) is 3.64. The van der Waals surface area contributed by atoms with Gasteiger partial charge in [0, 0.05) is 18.7 Å². The molecule has 3 rings (SSSR count). The number of amides is 1. The molecular weight excluding hydrogens is 360 g/mol. The van der Waals surface area contributed by atoms with Crippen LogP contribution < -0.4 is 0 Å². The highest BCUT2D eigenvalue weighted by Gasteiger charge is 2.26. The Bertz CT molecular complexity index is 1070. The molecule has 0 aliphatic carbocycles. The highest BCUT2D eigenvalue weighted by Crippen LogP contribution is 2.31. The van der Waals surface area contributed by atoms with Crippen molar-refractivity contribution in [3.05, 3.63) is 40.9 Å². The van der Waals surface area contributed by atoms with E-state index in [0.717, 1.165) is 10.4 Å². The molecule has 1 amide bonds. The molecule has 0 unspecified atom stereocenters. The van der Waals surface area contributed by atoms with Crippen LogP contribution in [0, 0.1) is 16.7 Å². The zero-order valence-electron chi connectivity index (χ0n) is 15.7. The van der Waals surface area contributed by atoms with Crippen molar-refractivity contribution in [2.75, 3.05) is 13.6 Å². The van der Waals surface area contributed by atoms with E-state index in [4.69, 9.17) is 5.26 Å². The molecule has 3 aromatic rings. The lowest BCUT2D eigenvalue weighted by atomic mass is 9.87. The van der Waals surface area contributed by atoms with Crippen LogP contribution in [0.1, 0.15) is 40.8 Å². The van der Waals surface area contributed by atoms with Crippen LogP contribution in [0.5, 0.6) is 0 Å². The van der Waals surface area contributed by atoms with Gasteiger partial charge in [0.25, 0.3) is 5.91 Å². The first-order valence-corrected chi connectivity index (χ1v) is 9.29. The van der Waals surface area contributed by atoms with Gasteiger partial charge in [-0.05, 0) is 24.3 Å². The number of nitrogens with one attached hydrogen (secondary N) is 1. The van der Waals surface area contributed by atoms with E-state index >= 15 is 0 Å². The average Bonchev–Trinajstić information content (AvgIpc) is 3.26. The lowest BCUT2D eigenvalue weighted by Crippen LogP contribution is -2.26. The maximum atomic E-state index is 12.7. The number of fused-ring (bicyclic) bond motifs is 1. The molecule has 0 aromatic carbocycles. The molecule has 7 heteroatoms. The summed E-state index contributed by atoms with van der Waals surface area (Å²) in [7, 11) is 1.60. The van der Waals surface area contributed by atoms with Crippen molar-refractivity contribution >= 4 is 34.1 Å². The minimum absolute atomic E-state index is 0.0265. The summed E-state index contributed by atoms with van der Waals surface area (Å²) in [5.74, 6) is -0.169. The van der Waals surface area contributed by atoms with Gasteiger partial charge in [-0.2, -0.15) is 5.26 Å². The molecule has 3 heterocycles. The molecular formula is C20H20N4O2S. The Hall–Kier alpha value is -2.98. The third-order valence-electron chi connectivity index (χ3n) is 4.17. The van der Waals surface area contributed by atoms with Crippen LogP contribution >= 0.6 is 11.3 Å². The SMILES string of the molecule is CN(CC#N)C(=O)c1ccc(-c2ccc3[nH]cc(C(=O)C(C)(C)C)c3n2)s1. The quantitative estimate of drug-likeness (QED) is 0.545. The van der Waals surface area contributed by atoms with E-state index in [2.05, 4.69) is 9.97 Å². The molecule has 0 aliphatic rings. The van der Waals surface area contributed by atoms with E-state index < -0.39 is 5.41 Å². The molecule has 0 saturated carbocycles. The predicted octanol–water partition coefficient (Wildman–Crippen LogP) is 4.12. The maximum absolute atomic E-state index is 12.7. The minimum Gasteiger partial charge on any atom is -0.359 e. The van der Waals surface area contributed by atoms with Crippen molar-refractivity contribution in [1.82, 2.24) is 14.9 Å². The van der Waals surface area contributed by atoms with Gasteiger partial charge in [0.15, 0.2) is 5.78 Å². The summed E-state index contributed by atoms with van der Waals surface area (Å²) in [4.78, 5) is 35.5. The molecule has 27 heavy (non-hydrogen) atoms. The summed E-state index contributed by atoms with van der Waals surface area (Å²) >= 11 is 1.32. The predicted molar refractivity (Wildman–Crippen MR) is 106 cm³/mol. The minimum atomic E-state index is -0.499. The van der Waals surface area contributed by atoms with Crippen LogP contribution in [0.4, 0.5) is 0 Å². The number of ketones is 1. The fraction of sp³-hybridized carbons (Fsp3) is 0.300. The number of aromatic amines is 1. The zero-order chi connectivity index (χ0) is 19.8. The van der Waals surface area contributed by atoms with Gasteiger partial charge in [-0.1, -0.05) is 20.8 Å². The number of hydrogen-bond donors (Lipinski definition) is 1. The van der Waals surface area contributed by atoms with Crippen molar-refractivity contribution in [1.29, 1.82) is 5.26 Å². The van der Waals surface area contributed by atoms with Crippen molar-refractivity contribution in [2.24, 2.45) is 5.41 Å². The summed E-state index contributed by atoms with van der Waals surface area (Å²) < 4.78 is 0. The van der Waals surface area contributed by atoms with E-state index in [9.17, 15) is 9.59 Å². The summed E-state index contributed by atoms with van der Waals surface area (Å²) in [5, 5.41) is 8.74. The van der Waals surface area contributed by atoms with Gasteiger partial charge in [0.2, 0.25) is 0 Å². The van der Waals surface area contributed by atoms with Crippen LogP contribution in [0.3, 0.4) is 0 Å². The molecule has 0 spiro atoms. The van der Waals surface area contributed by atoms with Gasteiger partial charge in [0.1, 0.15) is 6.54 Å². The largest absolute Gasteiger partial charge is 0.359 e. The number of hydrogen-bond acceptors (Lipinski definition) is 5. The summed E-state index contributed by atoms with van der Waals surface area (Å²) in [6, 6.07) is 9.29. The molecule has 1 N–H and O–H groups in total. The number of carbonyl (C=O) groups excluding carboxylic acids is 2. The first-order chi connectivity index (χ1) is 12.7. The normalized spacial score (nSPS) is 11.4. The Morgan fingerprint density at radius 3 is 2.67 bits per heavy atom. The van der Waals surface area contributed by atoms with Crippen LogP contribution in [0.2, 0.25) is 0 Å². The zero-order valence-corrected chi connectivity index (χ0v) is 16.5. The Balaban J connectivity index is 1.98. The number of nitrogens with zero attached hydrogens (tertiary/aromatic N) is 3. The number of carbonyl (C=O) groups is 2. The van der Waals surface area contributed by atoms with Gasteiger partial charge >= 0.3 is 0 Å². The lowest BCUT2D eigenvalue weighted by Gasteiger charge is -2.15. The van der Waals surface area contributed by atoms with Gasteiger partial charge < -0.3 is 9.88 Å². The number of aromatic nitrogens is 2. The molecule has 0 bridgehead atoms. The summed E-state index contributed by atoms with van der Waals surface area (Å²) in [6.07, 6.45) is 1.70. The second kappa shape index (κ2) is 6.97. The summed E-state index contributed by atoms with van der Waals surface area (Å²) in [5.41, 5.74) is 2.21. The second-order valence-corrected chi connectivity index (χ2v) is 8.44. The Kier molecular flexibility index (Phi) is 4.85. The first kappa shape index (κ1) is 18.8. The smallest absolute Gasteiger partial charge is 0.264 e. The van der Waals surface area contributed by atoms with Gasteiger partial charge in [-0.15, -0.1) is 11.3 Å². The Morgan fingerprint density at radius 2 is 2.00 bits per heavy atom. The molecule has 0 radical (unpaired) electrons. The van der Waals surface area contributed by atoms with E-state index in [1.165, 1.54) is 16.2 Å². The molecule has 0 saturated heterocycles. The van der Waals surface area contributed by atoms with E-state index in [0.29, 0.717) is 21.7 Å².